The summed E-state index contributed by atoms with van der Waals surface area (Å²) >= 11 is 0. The first-order valence-electron chi connectivity index (χ1n) is 11.9. The molecule has 0 radical (unpaired) electrons. The lowest BCUT2D eigenvalue weighted by Gasteiger charge is -2.37. The van der Waals surface area contributed by atoms with Crippen LogP contribution in [-0.4, -0.2) is 64.1 Å². The van der Waals surface area contributed by atoms with Crippen LogP contribution in [0.1, 0.15) is 46.3 Å². The van der Waals surface area contributed by atoms with Crippen LogP contribution < -0.4 is 10.1 Å². The van der Waals surface area contributed by atoms with Crippen molar-refractivity contribution in [2.24, 2.45) is 0 Å². The number of likely N-dealkylation sites (tertiary alicyclic amines) is 1. The molecular formula is C26H28FN3O4. The molecule has 0 aliphatic carbocycles. The van der Waals surface area contributed by atoms with Crippen molar-refractivity contribution in [3.63, 3.8) is 0 Å². The maximum absolute atomic E-state index is 13.6. The molecule has 2 fully saturated rings. The number of rotatable bonds is 3. The van der Waals surface area contributed by atoms with Gasteiger partial charge in [0.2, 0.25) is 0 Å². The molecule has 4 aliphatic heterocycles. The van der Waals surface area contributed by atoms with Gasteiger partial charge in [-0.1, -0.05) is 12.1 Å². The number of hydrogen-bond acceptors (Lipinski definition) is 6. The molecule has 0 aromatic heterocycles. The number of nitrogens with zero attached hydrogens (tertiary/aromatic N) is 2. The average molecular weight is 466 g/mol. The summed E-state index contributed by atoms with van der Waals surface area (Å²) < 4.78 is 19.2. The SMILES string of the molecule is O=C1c2ccc(CN3CC(=C4CCOc5cc(F)ccc54)C3)cc2CN1C1CCC(O)NC1O. The first-order valence-corrected chi connectivity index (χ1v) is 11.9. The van der Waals surface area contributed by atoms with Crippen LogP contribution in [0.2, 0.25) is 0 Å². The van der Waals surface area contributed by atoms with Gasteiger partial charge < -0.3 is 19.8 Å². The number of aliphatic hydroxyl groups is 2. The molecule has 7 nitrogen and oxygen atoms in total. The number of piperidine rings is 1. The normalized spacial score (nSPS) is 26.7. The summed E-state index contributed by atoms with van der Waals surface area (Å²) in [6.07, 6.45) is 0.252. The smallest absolute Gasteiger partial charge is 0.254 e. The predicted molar refractivity (Wildman–Crippen MR) is 123 cm³/mol. The first kappa shape index (κ1) is 21.7. The van der Waals surface area contributed by atoms with Crippen molar-refractivity contribution >= 4 is 11.5 Å². The topological polar surface area (TPSA) is 85.3 Å². The zero-order valence-corrected chi connectivity index (χ0v) is 18.8. The van der Waals surface area contributed by atoms with Gasteiger partial charge in [-0.2, -0.15) is 0 Å². The molecule has 178 valence electrons. The Kier molecular flexibility index (Phi) is 5.41. The second-order valence-corrected chi connectivity index (χ2v) is 9.66. The highest BCUT2D eigenvalue weighted by molar-refractivity contribution is 5.98. The fraction of sp³-hybridized carbons (Fsp3) is 0.423. The predicted octanol–water partition coefficient (Wildman–Crippen LogP) is 2.22. The molecule has 2 aromatic carbocycles. The van der Waals surface area contributed by atoms with Crippen LogP contribution >= 0.6 is 0 Å². The van der Waals surface area contributed by atoms with Crippen molar-refractivity contribution in [2.75, 3.05) is 19.7 Å². The van der Waals surface area contributed by atoms with Crippen LogP contribution in [0.15, 0.2) is 42.0 Å². The van der Waals surface area contributed by atoms with Crippen molar-refractivity contribution < 1.29 is 24.1 Å². The minimum atomic E-state index is -0.930. The molecule has 1 amide bonds. The minimum Gasteiger partial charge on any atom is -0.493 e. The molecule has 2 aromatic rings. The molecule has 0 spiro atoms. The van der Waals surface area contributed by atoms with Crippen molar-refractivity contribution in [3.8, 4) is 5.75 Å². The molecule has 3 atom stereocenters. The number of carbonyl (C=O) groups is 1. The van der Waals surface area contributed by atoms with E-state index in [1.165, 1.54) is 23.3 Å². The van der Waals surface area contributed by atoms with Crippen molar-refractivity contribution in [1.82, 2.24) is 15.1 Å². The van der Waals surface area contributed by atoms with E-state index in [2.05, 4.69) is 16.3 Å². The molecule has 3 N–H and O–H groups in total. The van der Waals surface area contributed by atoms with E-state index >= 15 is 0 Å². The van der Waals surface area contributed by atoms with E-state index in [-0.39, 0.29) is 17.8 Å². The summed E-state index contributed by atoms with van der Waals surface area (Å²) in [6.45, 7) is 3.59. The van der Waals surface area contributed by atoms with Crippen LogP contribution in [0, 0.1) is 5.82 Å². The Morgan fingerprint density at radius 1 is 1.06 bits per heavy atom. The zero-order valence-electron chi connectivity index (χ0n) is 18.8. The average Bonchev–Trinajstić information content (AvgIpc) is 3.11. The summed E-state index contributed by atoms with van der Waals surface area (Å²) in [6, 6.07) is 10.4. The van der Waals surface area contributed by atoms with Crippen molar-refractivity contribution in [3.05, 3.63) is 70.0 Å². The lowest BCUT2D eigenvalue weighted by atomic mass is 9.90. The van der Waals surface area contributed by atoms with Gasteiger partial charge in [-0.15, -0.1) is 0 Å². The van der Waals surface area contributed by atoms with E-state index in [1.807, 2.05) is 18.2 Å². The van der Waals surface area contributed by atoms with Crippen LogP contribution in [0.4, 0.5) is 4.39 Å². The Hall–Kier alpha value is -2.78. The maximum Gasteiger partial charge on any atom is 0.254 e. The summed E-state index contributed by atoms with van der Waals surface area (Å²) in [7, 11) is 0. The Bertz CT molecular complexity index is 1170. The largest absolute Gasteiger partial charge is 0.493 e. The number of benzene rings is 2. The van der Waals surface area contributed by atoms with E-state index < -0.39 is 12.5 Å². The lowest BCUT2D eigenvalue weighted by Crippen LogP contribution is -2.56. The van der Waals surface area contributed by atoms with E-state index in [0.29, 0.717) is 37.3 Å². The van der Waals surface area contributed by atoms with Gasteiger partial charge in [-0.05, 0) is 53.3 Å². The molecule has 8 heteroatoms. The second-order valence-electron chi connectivity index (χ2n) is 9.66. The highest BCUT2D eigenvalue weighted by Gasteiger charge is 2.39. The number of amides is 1. The number of halogens is 1. The third kappa shape index (κ3) is 3.80. The fourth-order valence-corrected chi connectivity index (χ4v) is 5.65. The summed E-state index contributed by atoms with van der Waals surface area (Å²) in [5.41, 5.74) is 6.49. The Morgan fingerprint density at radius 2 is 1.88 bits per heavy atom. The number of nitrogens with one attached hydrogen (secondary N) is 1. The van der Waals surface area contributed by atoms with Crippen molar-refractivity contribution in [2.45, 2.75) is 50.8 Å². The van der Waals surface area contributed by atoms with Crippen LogP contribution in [0.5, 0.6) is 5.75 Å². The number of carbonyl (C=O) groups excluding carboxylic acids is 1. The van der Waals surface area contributed by atoms with Gasteiger partial charge in [0.25, 0.3) is 5.91 Å². The Morgan fingerprint density at radius 3 is 2.71 bits per heavy atom. The first-order chi connectivity index (χ1) is 16.5. The Balaban J connectivity index is 1.13. The zero-order chi connectivity index (χ0) is 23.4. The highest BCUT2D eigenvalue weighted by atomic mass is 19.1. The molecule has 0 saturated carbocycles. The van der Waals surface area contributed by atoms with Gasteiger partial charge in [-0.25, -0.2) is 4.39 Å². The monoisotopic (exact) mass is 465 g/mol. The molecule has 4 heterocycles. The number of aliphatic hydroxyl groups excluding tert-OH is 2. The van der Waals surface area contributed by atoms with E-state index in [4.69, 9.17) is 4.74 Å². The van der Waals surface area contributed by atoms with Gasteiger partial charge in [-0.3, -0.25) is 15.0 Å². The maximum atomic E-state index is 13.6. The number of ether oxygens (including phenoxy) is 1. The van der Waals surface area contributed by atoms with Crippen LogP contribution in [0.3, 0.4) is 0 Å². The molecule has 6 rings (SSSR count). The van der Waals surface area contributed by atoms with Crippen LogP contribution in [0.25, 0.3) is 5.57 Å². The quantitative estimate of drug-likeness (QED) is 0.645. The third-order valence-electron chi connectivity index (χ3n) is 7.41. The van der Waals surface area contributed by atoms with Crippen LogP contribution in [-0.2, 0) is 13.1 Å². The molecule has 3 unspecified atom stereocenters. The lowest BCUT2D eigenvalue weighted by molar-refractivity contribution is -0.0477. The molecule has 4 aliphatic rings. The minimum absolute atomic E-state index is 0.0608. The molecule has 0 bridgehead atoms. The van der Waals surface area contributed by atoms with E-state index in [0.717, 1.165) is 42.7 Å². The second kappa shape index (κ2) is 8.46. The summed E-state index contributed by atoms with van der Waals surface area (Å²) in [4.78, 5) is 17.0. The fourth-order valence-electron chi connectivity index (χ4n) is 5.65. The van der Waals surface area contributed by atoms with Gasteiger partial charge >= 0.3 is 0 Å². The van der Waals surface area contributed by atoms with Gasteiger partial charge in [0.1, 0.15) is 24.0 Å². The molecular weight excluding hydrogens is 437 g/mol. The molecule has 2 saturated heterocycles. The molecule has 34 heavy (non-hydrogen) atoms. The van der Waals surface area contributed by atoms with E-state index in [1.54, 1.807) is 4.90 Å². The van der Waals surface area contributed by atoms with Crippen molar-refractivity contribution in [1.29, 1.82) is 0 Å². The highest BCUT2D eigenvalue weighted by Crippen LogP contribution is 2.38. The summed E-state index contributed by atoms with van der Waals surface area (Å²) in [5.74, 6) is 0.294. The number of fused-ring (bicyclic) bond motifs is 2. The standard InChI is InChI=1S/C26H28FN3O4/c27-18-2-4-21-19(7-8-34-23(21)10-18)17-12-29(13-17)11-15-1-3-20-16(9-15)14-30(26(20)33)22-5-6-24(31)28-25(22)32/h1-4,9-10,22,24-25,28,31-32H,5-8,11-14H2. The van der Waals surface area contributed by atoms with Gasteiger partial charge in [0.05, 0.1) is 12.6 Å². The number of hydrogen-bond donors (Lipinski definition) is 3. The van der Waals surface area contributed by atoms with E-state index in [9.17, 15) is 19.4 Å². The van der Waals surface area contributed by atoms with Gasteiger partial charge in [0, 0.05) is 49.8 Å². The Labute approximate surface area is 197 Å². The van der Waals surface area contributed by atoms with Gasteiger partial charge in [0.15, 0.2) is 0 Å². The summed E-state index contributed by atoms with van der Waals surface area (Å²) in [5, 5.41) is 22.7. The third-order valence-corrected chi connectivity index (χ3v) is 7.41.